The Balaban J connectivity index is 2.53. The molecule has 0 aliphatic carbocycles. The molecule has 1 heterocycles. The molecule has 16 heavy (non-hydrogen) atoms. The number of rotatable bonds is 2. The fraction of sp³-hybridized carbons (Fsp3) is 0.133. The third kappa shape index (κ3) is 2.03. The zero-order valence-corrected chi connectivity index (χ0v) is 9.70. The van der Waals surface area contributed by atoms with Gasteiger partial charge in [0, 0.05) is 11.8 Å². The summed E-state index contributed by atoms with van der Waals surface area (Å²) in [4.78, 5) is 4.41. The third-order valence-electron chi connectivity index (χ3n) is 2.67. The van der Waals surface area contributed by atoms with E-state index in [1.54, 1.807) is 0 Å². The number of hydrogen-bond acceptors (Lipinski definition) is 1. The normalized spacial score (nSPS) is 10.1. The number of benzene rings is 1. The van der Waals surface area contributed by atoms with Crippen molar-refractivity contribution < 1.29 is 0 Å². The maximum absolute atomic E-state index is 4.41. The summed E-state index contributed by atoms with van der Waals surface area (Å²) in [5.74, 6) is 0. The van der Waals surface area contributed by atoms with Gasteiger partial charge in [-0.05, 0) is 37.1 Å². The summed E-state index contributed by atoms with van der Waals surface area (Å²) in [5, 5.41) is 0. The summed E-state index contributed by atoms with van der Waals surface area (Å²) in [6, 6.07) is 12.4. The maximum atomic E-state index is 4.41. The van der Waals surface area contributed by atoms with E-state index in [9.17, 15) is 0 Å². The highest BCUT2D eigenvalue weighted by Gasteiger charge is 2.03. The summed E-state index contributed by atoms with van der Waals surface area (Å²) >= 11 is 0. The van der Waals surface area contributed by atoms with Crippen LogP contribution in [-0.4, -0.2) is 4.98 Å². The zero-order chi connectivity index (χ0) is 11.5. The smallest absolute Gasteiger partial charge is 0.0710 e. The fourth-order valence-corrected chi connectivity index (χ4v) is 1.70. The number of pyridine rings is 1. The molecular formula is C15H15N. The van der Waals surface area contributed by atoms with Crippen LogP contribution in [0, 0.1) is 6.92 Å². The Hall–Kier alpha value is -1.89. The summed E-state index contributed by atoms with van der Waals surface area (Å²) in [6.07, 6.45) is 1.84. The highest BCUT2D eigenvalue weighted by Crippen LogP contribution is 2.23. The number of hydrogen-bond donors (Lipinski definition) is 0. The molecule has 1 heteroatoms. The van der Waals surface area contributed by atoms with Crippen molar-refractivity contribution in [3.05, 3.63) is 60.3 Å². The molecule has 2 aromatic rings. The SMILES string of the molecule is C=C(C)c1ccnc(-c2ccccc2C)c1. The van der Waals surface area contributed by atoms with Crippen LogP contribution in [-0.2, 0) is 0 Å². The van der Waals surface area contributed by atoms with Crippen LogP contribution in [0.25, 0.3) is 16.8 Å². The lowest BCUT2D eigenvalue weighted by molar-refractivity contribution is 1.29. The first-order valence-corrected chi connectivity index (χ1v) is 5.36. The van der Waals surface area contributed by atoms with E-state index in [0.717, 1.165) is 16.8 Å². The molecule has 80 valence electrons. The van der Waals surface area contributed by atoms with Gasteiger partial charge in [0.15, 0.2) is 0 Å². The first kappa shape index (κ1) is 10.6. The van der Waals surface area contributed by atoms with Crippen LogP contribution in [0.4, 0.5) is 0 Å². The van der Waals surface area contributed by atoms with E-state index in [1.165, 1.54) is 11.1 Å². The van der Waals surface area contributed by atoms with E-state index in [1.807, 2.05) is 31.3 Å². The van der Waals surface area contributed by atoms with Crippen LogP contribution < -0.4 is 0 Å². The van der Waals surface area contributed by atoms with Crippen molar-refractivity contribution in [1.29, 1.82) is 0 Å². The van der Waals surface area contributed by atoms with Gasteiger partial charge in [0.05, 0.1) is 5.69 Å². The van der Waals surface area contributed by atoms with Gasteiger partial charge in [0.25, 0.3) is 0 Å². The minimum atomic E-state index is 1.01. The topological polar surface area (TPSA) is 12.9 Å². The molecule has 2 rings (SSSR count). The lowest BCUT2D eigenvalue weighted by Gasteiger charge is -2.06. The molecule has 0 amide bonds. The van der Waals surface area contributed by atoms with Crippen molar-refractivity contribution in [2.24, 2.45) is 0 Å². The second kappa shape index (κ2) is 4.31. The van der Waals surface area contributed by atoms with Crippen LogP contribution in [0.5, 0.6) is 0 Å². The number of aromatic nitrogens is 1. The monoisotopic (exact) mass is 209 g/mol. The number of allylic oxidation sites excluding steroid dienone is 1. The van der Waals surface area contributed by atoms with Crippen LogP contribution >= 0.6 is 0 Å². The average molecular weight is 209 g/mol. The first-order chi connectivity index (χ1) is 7.68. The summed E-state index contributed by atoms with van der Waals surface area (Å²) in [7, 11) is 0. The lowest BCUT2D eigenvalue weighted by Crippen LogP contribution is -1.88. The molecule has 0 fully saturated rings. The van der Waals surface area contributed by atoms with Crippen molar-refractivity contribution in [1.82, 2.24) is 4.98 Å². The van der Waals surface area contributed by atoms with Gasteiger partial charge in [-0.25, -0.2) is 0 Å². The predicted molar refractivity (Wildman–Crippen MR) is 69.1 cm³/mol. The van der Waals surface area contributed by atoms with Gasteiger partial charge in [0.2, 0.25) is 0 Å². The average Bonchev–Trinajstić information content (AvgIpc) is 2.30. The standard InChI is InChI=1S/C15H15N/c1-11(2)13-8-9-16-15(10-13)14-7-5-4-6-12(14)3/h4-10H,1H2,2-3H3. The van der Waals surface area contributed by atoms with Gasteiger partial charge in [-0.2, -0.15) is 0 Å². The molecular weight excluding hydrogens is 194 g/mol. The fourth-order valence-electron chi connectivity index (χ4n) is 1.70. The second-order valence-corrected chi connectivity index (χ2v) is 4.03. The van der Waals surface area contributed by atoms with Gasteiger partial charge >= 0.3 is 0 Å². The van der Waals surface area contributed by atoms with E-state index in [4.69, 9.17) is 0 Å². The van der Waals surface area contributed by atoms with Crippen molar-refractivity contribution in [2.75, 3.05) is 0 Å². The van der Waals surface area contributed by atoms with Crippen molar-refractivity contribution in [3.63, 3.8) is 0 Å². The quantitative estimate of drug-likeness (QED) is 0.726. The first-order valence-electron chi connectivity index (χ1n) is 5.36. The van der Waals surface area contributed by atoms with E-state index >= 15 is 0 Å². The Morgan fingerprint density at radius 2 is 1.94 bits per heavy atom. The van der Waals surface area contributed by atoms with Gasteiger partial charge < -0.3 is 0 Å². The molecule has 0 saturated carbocycles. The van der Waals surface area contributed by atoms with Gasteiger partial charge in [-0.1, -0.05) is 36.4 Å². The van der Waals surface area contributed by atoms with Crippen LogP contribution in [0.3, 0.4) is 0 Å². The molecule has 1 aromatic heterocycles. The summed E-state index contributed by atoms with van der Waals surface area (Å²) in [6.45, 7) is 8.07. The van der Waals surface area contributed by atoms with Crippen LogP contribution in [0.1, 0.15) is 18.1 Å². The minimum absolute atomic E-state index is 1.01. The summed E-state index contributed by atoms with van der Waals surface area (Å²) in [5.41, 5.74) is 5.66. The Labute approximate surface area is 96.5 Å². The third-order valence-corrected chi connectivity index (χ3v) is 2.67. The molecule has 0 aliphatic rings. The van der Waals surface area contributed by atoms with Crippen molar-refractivity contribution in [3.8, 4) is 11.3 Å². The Kier molecular flexibility index (Phi) is 2.86. The molecule has 1 aromatic carbocycles. The number of aryl methyl sites for hydroxylation is 1. The Morgan fingerprint density at radius 1 is 1.19 bits per heavy atom. The van der Waals surface area contributed by atoms with Crippen LogP contribution in [0.2, 0.25) is 0 Å². The molecule has 0 N–H and O–H groups in total. The molecule has 0 unspecified atom stereocenters. The molecule has 0 spiro atoms. The molecule has 0 saturated heterocycles. The number of nitrogens with zero attached hydrogens (tertiary/aromatic N) is 1. The minimum Gasteiger partial charge on any atom is -0.256 e. The van der Waals surface area contributed by atoms with E-state index in [2.05, 4.69) is 36.7 Å². The van der Waals surface area contributed by atoms with Gasteiger partial charge in [-0.3, -0.25) is 4.98 Å². The summed E-state index contributed by atoms with van der Waals surface area (Å²) < 4.78 is 0. The highest BCUT2D eigenvalue weighted by molar-refractivity contribution is 5.69. The van der Waals surface area contributed by atoms with Gasteiger partial charge in [-0.15, -0.1) is 0 Å². The molecule has 0 aliphatic heterocycles. The lowest BCUT2D eigenvalue weighted by atomic mass is 10.0. The van der Waals surface area contributed by atoms with E-state index < -0.39 is 0 Å². The molecule has 1 nitrogen and oxygen atoms in total. The van der Waals surface area contributed by atoms with E-state index in [-0.39, 0.29) is 0 Å². The maximum Gasteiger partial charge on any atom is 0.0710 e. The van der Waals surface area contributed by atoms with Crippen LogP contribution in [0.15, 0.2) is 49.2 Å². The second-order valence-electron chi connectivity index (χ2n) is 4.03. The predicted octanol–water partition coefficient (Wildman–Crippen LogP) is 4.09. The Morgan fingerprint density at radius 3 is 2.62 bits per heavy atom. The van der Waals surface area contributed by atoms with Crippen molar-refractivity contribution in [2.45, 2.75) is 13.8 Å². The molecule has 0 radical (unpaired) electrons. The zero-order valence-electron chi connectivity index (χ0n) is 9.70. The molecule has 0 bridgehead atoms. The molecule has 0 atom stereocenters. The van der Waals surface area contributed by atoms with Gasteiger partial charge in [0.1, 0.15) is 0 Å². The largest absolute Gasteiger partial charge is 0.256 e. The highest BCUT2D eigenvalue weighted by atomic mass is 14.7. The Bertz CT molecular complexity index is 526. The van der Waals surface area contributed by atoms with E-state index in [0.29, 0.717) is 0 Å². The van der Waals surface area contributed by atoms with Crippen molar-refractivity contribution >= 4 is 5.57 Å².